The highest BCUT2D eigenvalue weighted by Crippen LogP contribution is 2.19. The van der Waals surface area contributed by atoms with Crippen LogP contribution in [0.3, 0.4) is 0 Å². The van der Waals surface area contributed by atoms with Gasteiger partial charge in [-0.25, -0.2) is 0 Å². The molecule has 1 fully saturated rings. The highest BCUT2D eigenvalue weighted by molar-refractivity contribution is 4.63. The van der Waals surface area contributed by atoms with Gasteiger partial charge in [-0.2, -0.15) is 0 Å². The van der Waals surface area contributed by atoms with Crippen molar-refractivity contribution in [3.05, 3.63) is 0 Å². The molecule has 0 amide bonds. The lowest BCUT2D eigenvalue weighted by atomic mass is 10.1. The van der Waals surface area contributed by atoms with Gasteiger partial charge in [0.05, 0.1) is 6.10 Å². The fourth-order valence-electron chi connectivity index (χ4n) is 2.31. The van der Waals surface area contributed by atoms with E-state index in [4.69, 9.17) is 4.74 Å². The lowest BCUT2D eigenvalue weighted by molar-refractivity contribution is 0.0410. The van der Waals surface area contributed by atoms with Crippen molar-refractivity contribution >= 4 is 0 Å². The first-order chi connectivity index (χ1) is 7.93. The SMILES string of the molecule is CCCNCCCCOC1CCCCCC1. The zero-order chi connectivity index (χ0) is 11.5. The normalized spacial score (nSPS) is 18.6. The fourth-order valence-corrected chi connectivity index (χ4v) is 2.31. The van der Waals surface area contributed by atoms with Gasteiger partial charge in [-0.05, 0) is 45.2 Å². The molecule has 1 saturated carbocycles. The smallest absolute Gasteiger partial charge is 0.0575 e. The van der Waals surface area contributed by atoms with Gasteiger partial charge in [0, 0.05) is 6.61 Å². The van der Waals surface area contributed by atoms with Gasteiger partial charge in [-0.15, -0.1) is 0 Å². The largest absolute Gasteiger partial charge is 0.378 e. The summed E-state index contributed by atoms with van der Waals surface area (Å²) in [5.41, 5.74) is 0. The van der Waals surface area contributed by atoms with Crippen molar-refractivity contribution in [1.82, 2.24) is 5.32 Å². The molecule has 0 aliphatic heterocycles. The van der Waals surface area contributed by atoms with E-state index in [2.05, 4.69) is 12.2 Å². The number of hydrogen-bond donors (Lipinski definition) is 1. The van der Waals surface area contributed by atoms with Crippen molar-refractivity contribution in [1.29, 1.82) is 0 Å². The molecule has 2 heteroatoms. The van der Waals surface area contributed by atoms with Crippen LogP contribution < -0.4 is 5.32 Å². The lowest BCUT2D eigenvalue weighted by Crippen LogP contribution is -2.17. The summed E-state index contributed by atoms with van der Waals surface area (Å²) in [6.07, 6.45) is 12.5. The number of ether oxygens (including phenoxy) is 1. The Kier molecular flexibility index (Phi) is 8.83. The van der Waals surface area contributed by atoms with Gasteiger partial charge < -0.3 is 10.1 Å². The first-order valence-electron chi connectivity index (χ1n) is 7.26. The van der Waals surface area contributed by atoms with Crippen molar-refractivity contribution in [2.45, 2.75) is 70.8 Å². The second kappa shape index (κ2) is 10.1. The van der Waals surface area contributed by atoms with Gasteiger partial charge in [0.1, 0.15) is 0 Å². The molecule has 1 rings (SSSR count). The van der Waals surface area contributed by atoms with Gasteiger partial charge in [0.2, 0.25) is 0 Å². The first-order valence-corrected chi connectivity index (χ1v) is 7.26. The summed E-state index contributed by atoms with van der Waals surface area (Å²) in [6, 6.07) is 0. The molecule has 0 aromatic carbocycles. The minimum Gasteiger partial charge on any atom is -0.378 e. The van der Waals surface area contributed by atoms with Crippen molar-refractivity contribution in [3.8, 4) is 0 Å². The summed E-state index contributed by atoms with van der Waals surface area (Å²) >= 11 is 0. The Bertz CT molecular complexity index is 142. The maximum absolute atomic E-state index is 5.94. The molecule has 0 radical (unpaired) electrons. The van der Waals surface area contributed by atoms with E-state index in [0.717, 1.165) is 19.7 Å². The Morgan fingerprint density at radius 3 is 2.44 bits per heavy atom. The molecule has 1 aliphatic carbocycles. The molecule has 1 aliphatic rings. The average Bonchev–Trinajstić information content (AvgIpc) is 2.56. The standard InChI is InChI=1S/C14H29NO/c1-2-11-15-12-7-8-13-16-14-9-5-3-4-6-10-14/h14-15H,2-13H2,1H3. The molecule has 0 atom stereocenters. The Balaban J connectivity index is 1.86. The second-order valence-corrected chi connectivity index (χ2v) is 4.94. The third-order valence-corrected chi connectivity index (χ3v) is 3.33. The van der Waals surface area contributed by atoms with Crippen molar-refractivity contribution < 1.29 is 4.74 Å². The van der Waals surface area contributed by atoms with Crippen LogP contribution in [0, 0.1) is 0 Å². The third-order valence-electron chi connectivity index (χ3n) is 3.33. The number of rotatable bonds is 8. The Hall–Kier alpha value is -0.0800. The third kappa shape index (κ3) is 7.24. The van der Waals surface area contributed by atoms with Crippen LogP contribution in [-0.4, -0.2) is 25.8 Å². The highest BCUT2D eigenvalue weighted by atomic mass is 16.5. The van der Waals surface area contributed by atoms with E-state index >= 15 is 0 Å². The molecule has 1 N–H and O–H groups in total. The molecule has 0 aromatic heterocycles. The van der Waals surface area contributed by atoms with Gasteiger partial charge >= 0.3 is 0 Å². The first kappa shape index (κ1) is 14.0. The summed E-state index contributed by atoms with van der Waals surface area (Å²) in [7, 11) is 0. The van der Waals surface area contributed by atoms with Crippen LogP contribution in [0.4, 0.5) is 0 Å². The van der Waals surface area contributed by atoms with E-state index < -0.39 is 0 Å². The molecule has 0 saturated heterocycles. The van der Waals surface area contributed by atoms with Gasteiger partial charge in [-0.1, -0.05) is 32.6 Å². The van der Waals surface area contributed by atoms with E-state index in [-0.39, 0.29) is 0 Å². The average molecular weight is 227 g/mol. The van der Waals surface area contributed by atoms with Crippen molar-refractivity contribution in [2.75, 3.05) is 19.7 Å². The summed E-state index contributed by atoms with van der Waals surface area (Å²) in [4.78, 5) is 0. The second-order valence-electron chi connectivity index (χ2n) is 4.94. The number of nitrogens with one attached hydrogen (secondary N) is 1. The lowest BCUT2D eigenvalue weighted by Gasteiger charge is -2.15. The van der Waals surface area contributed by atoms with E-state index in [1.807, 2.05) is 0 Å². The number of hydrogen-bond acceptors (Lipinski definition) is 2. The van der Waals surface area contributed by atoms with E-state index in [0.29, 0.717) is 6.10 Å². The van der Waals surface area contributed by atoms with Crippen molar-refractivity contribution in [2.24, 2.45) is 0 Å². The maximum Gasteiger partial charge on any atom is 0.0575 e. The van der Waals surface area contributed by atoms with Crippen molar-refractivity contribution in [3.63, 3.8) is 0 Å². The van der Waals surface area contributed by atoms with E-state index in [1.54, 1.807) is 0 Å². The zero-order valence-corrected chi connectivity index (χ0v) is 11.0. The van der Waals surface area contributed by atoms with E-state index in [1.165, 1.54) is 57.8 Å². The molecule has 0 unspecified atom stereocenters. The zero-order valence-electron chi connectivity index (χ0n) is 11.0. The highest BCUT2D eigenvalue weighted by Gasteiger charge is 2.11. The van der Waals surface area contributed by atoms with Crippen LogP contribution in [0.25, 0.3) is 0 Å². The topological polar surface area (TPSA) is 21.3 Å². The predicted molar refractivity (Wildman–Crippen MR) is 69.8 cm³/mol. The van der Waals surface area contributed by atoms with Gasteiger partial charge in [0.15, 0.2) is 0 Å². The summed E-state index contributed by atoms with van der Waals surface area (Å²) < 4.78 is 5.94. The molecule has 0 heterocycles. The Labute approximate surface area is 101 Å². The molecule has 16 heavy (non-hydrogen) atoms. The van der Waals surface area contributed by atoms with Crippen LogP contribution in [-0.2, 0) is 4.74 Å². The molecular weight excluding hydrogens is 198 g/mol. The van der Waals surface area contributed by atoms with Crippen LogP contribution in [0.1, 0.15) is 64.7 Å². The number of unbranched alkanes of at least 4 members (excludes halogenated alkanes) is 1. The fraction of sp³-hybridized carbons (Fsp3) is 1.00. The molecule has 0 bridgehead atoms. The minimum atomic E-state index is 0.575. The maximum atomic E-state index is 5.94. The van der Waals surface area contributed by atoms with Gasteiger partial charge in [0.25, 0.3) is 0 Å². The van der Waals surface area contributed by atoms with Crippen LogP contribution in [0.5, 0.6) is 0 Å². The Morgan fingerprint density at radius 2 is 1.75 bits per heavy atom. The minimum absolute atomic E-state index is 0.575. The van der Waals surface area contributed by atoms with Gasteiger partial charge in [-0.3, -0.25) is 0 Å². The monoisotopic (exact) mass is 227 g/mol. The molecule has 96 valence electrons. The molecule has 2 nitrogen and oxygen atoms in total. The van der Waals surface area contributed by atoms with Crippen LogP contribution in [0.15, 0.2) is 0 Å². The molecular formula is C14H29NO. The Morgan fingerprint density at radius 1 is 1.00 bits per heavy atom. The quantitative estimate of drug-likeness (QED) is 0.506. The summed E-state index contributed by atoms with van der Waals surface area (Å²) in [5, 5.41) is 3.43. The van der Waals surface area contributed by atoms with Crippen LogP contribution in [0.2, 0.25) is 0 Å². The molecule has 0 aromatic rings. The predicted octanol–water partition coefficient (Wildman–Crippen LogP) is 3.51. The summed E-state index contributed by atoms with van der Waals surface area (Å²) in [6.45, 7) is 5.49. The van der Waals surface area contributed by atoms with Crippen LogP contribution >= 0.6 is 0 Å². The van der Waals surface area contributed by atoms with E-state index in [9.17, 15) is 0 Å². The molecule has 0 spiro atoms. The summed E-state index contributed by atoms with van der Waals surface area (Å²) in [5.74, 6) is 0.